The third-order valence-corrected chi connectivity index (χ3v) is 2.90. The number of anilines is 1. The number of ether oxygens (including phenoxy) is 1. The zero-order valence-corrected chi connectivity index (χ0v) is 10.9. The lowest BCUT2D eigenvalue weighted by Gasteiger charge is -2.26. The Morgan fingerprint density at radius 3 is 2.76 bits per heavy atom. The molecule has 1 aromatic rings. The first-order chi connectivity index (χ1) is 8.21. The van der Waals surface area contributed by atoms with Gasteiger partial charge in [0.2, 0.25) is 0 Å². The van der Waals surface area contributed by atoms with Crippen molar-refractivity contribution in [3.05, 3.63) is 23.9 Å². The van der Waals surface area contributed by atoms with Crippen LogP contribution in [0.2, 0.25) is 0 Å². The SMILES string of the molecule is CCOC(CC)C(Cc1ccnc(N)c1)NC. The smallest absolute Gasteiger partial charge is 0.123 e. The molecular formula is C13H23N3O. The van der Waals surface area contributed by atoms with Crippen molar-refractivity contribution in [2.24, 2.45) is 0 Å². The van der Waals surface area contributed by atoms with Crippen LogP contribution < -0.4 is 11.1 Å². The summed E-state index contributed by atoms with van der Waals surface area (Å²) in [5.74, 6) is 0.571. The van der Waals surface area contributed by atoms with Crippen LogP contribution in [0.15, 0.2) is 18.3 Å². The average Bonchev–Trinajstić information content (AvgIpc) is 2.33. The highest BCUT2D eigenvalue weighted by atomic mass is 16.5. The molecular weight excluding hydrogens is 214 g/mol. The van der Waals surface area contributed by atoms with Gasteiger partial charge in [-0.05, 0) is 44.5 Å². The fourth-order valence-electron chi connectivity index (χ4n) is 2.03. The van der Waals surface area contributed by atoms with Gasteiger partial charge in [0.15, 0.2) is 0 Å². The number of nitrogens with zero attached hydrogens (tertiary/aromatic N) is 1. The average molecular weight is 237 g/mol. The molecule has 4 nitrogen and oxygen atoms in total. The topological polar surface area (TPSA) is 60.2 Å². The standard InChI is InChI=1S/C13H23N3O/c1-4-12(17-5-2)11(15-3)8-10-6-7-16-13(14)9-10/h6-7,9,11-12,15H,4-5,8H2,1-3H3,(H2,14,16). The van der Waals surface area contributed by atoms with Crippen molar-refractivity contribution in [2.45, 2.75) is 38.8 Å². The van der Waals surface area contributed by atoms with Crippen LogP contribution in [0.25, 0.3) is 0 Å². The summed E-state index contributed by atoms with van der Waals surface area (Å²) >= 11 is 0. The molecule has 0 aliphatic heterocycles. The summed E-state index contributed by atoms with van der Waals surface area (Å²) in [5, 5.41) is 3.32. The maximum Gasteiger partial charge on any atom is 0.123 e. The molecule has 17 heavy (non-hydrogen) atoms. The second-order valence-electron chi connectivity index (χ2n) is 4.09. The van der Waals surface area contributed by atoms with Crippen molar-refractivity contribution in [1.29, 1.82) is 0 Å². The lowest BCUT2D eigenvalue weighted by Crippen LogP contribution is -2.40. The summed E-state index contributed by atoms with van der Waals surface area (Å²) in [6.45, 7) is 4.92. The summed E-state index contributed by atoms with van der Waals surface area (Å²) in [6, 6.07) is 4.23. The highest BCUT2D eigenvalue weighted by molar-refractivity contribution is 5.32. The van der Waals surface area contributed by atoms with E-state index in [9.17, 15) is 0 Å². The number of hydrogen-bond donors (Lipinski definition) is 2. The van der Waals surface area contributed by atoms with E-state index in [1.165, 1.54) is 5.56 Å². The van der Waals surface area contributed by atoms with Gasteiger partial charge in [0, 0.05) is 18.8 Å². The lowest BCUT2D eigenvalue weighted by atomic mass is 10.0. The van der Waals surface area contributed by atoms with Crippen LogP contribution in [-0.2, 0) is 11.2 Å². The van der Waals surface area contributed by atoms with Crippen LogP contribution in [0.5, 0.6) is 0 Å². The number of hydrogen-bond acceptors (Lipinski definition) is 4. The molecule has 3 N–H and O–H groups in total. The van der Waals surface area contributed by atoms with E-state index in [0.29, 0.717) is 11.9 Å². The minimum absolute atomic E-state index is 0.236. The Kier molecular flexibility index (Phi) is 5.94. The largest absolute Gasteiger partial charge is 0.384 e. The molecule has 1 heterocycles. The number of likely N-dealkylation sites (N-methyl/N-ethyl adjacent to an activating group) is 1. The summed E-state index contributed by atoms with van der Waals surface area (Å²) in [6.07, 6.45) is 3.89. The molecule has 0 aliphatic carbocycles. The predicted octanol–water partition coefficient (Wildman–Crippen LogP) is 1.61. The molecule has 0 aromatic carbocycles. The third kappa shape index (κ3) is 4.32. The van der Waals surface area contributed by atoms with Crippen LogP contribution in [0.4, 0.5) is 5.82 Å². The Hall–Kier alpha value is -1.13. The Labute approximate surface area is 104 Å². The first-order valence-corrected chi connectivity index (χ1v) is 6.20. The molecule has 96 valence electrons. The Morgan fingerprint density at radius 1 is 1.47 bits per heavy atom. The minimum atomic E-state index is 0.236. The van der Waals surface area contributed by atoms with E-state index in [1.807, 2.05) is 26.1 Å². The number of rotatable bonds is 7. The van der Waals surface area contributed by atoms with Crippen molar-refractivity contribution in [3.63, 3.8) is 0 Å². The fourth-order valence-corrected chi connectivity index (χ4v) is 2.03. The zero-order chi connectivity index (χ0) is 12.7. The molecule has 0 saturated heterocycles. The summed E-state index contributed by atoms with van der Waals surface area (Å²) in [7, 11) is 1.97. The van der Waals surface area contributed by atoms with E-state index in [-0.39, 0.29) is 6.10 Å². The van der Waals surface area contributed by atoms with Gasteiger partial charge >= 0.3 is 0 Å². The number of nitrogens with one attached hydrogen (secondary N) is 1. The second-order valence-corrected chi connectivity index (χ2v) is 4.09. The third-order valence-electron chi connectivity index (χ3n) is 2.90. The first-order valence-electron chi connectivity index (χ1n) is 6.20. The zero-order valence-electron chi connectivity index (χ0n) is 10.9. The van der Waals surface area contributed by atoms with Gasteiger partial charge in [-0.1, -0.05) is 6.92 Å². The van der Waals surface area contributed by atoms with Crippen LogP contribution in [0, 0.1) is 0 Å². The van der Waals surface area contributed by atoms with Crippen LogP contribution >= 0.6 is 0 Å². The van der Waals surface area contributed by atoms with Gasteiger partial charge in [-0.15, -0.1) is 0 Å². The van der Waals surface area contributed by atoms with Crippen LogP contribution in [0.3, 0.4) is 0 Å². The monoisotopic (exact) mass is 237 g/mol. The van der Waals surface area contributed by atoms with E-state index in [2.05, 4.69) is 17.2 Å². The maximum absolute atomic E-state index is 5.74. The first kappa shape index (κ1) is 13.9. The molecule has 0 bridgehead atoms. The fraction of sp³-hybridized carbons (Fsp3) is 0.615. The van der Waals surface area contributed by atoms with Crippen molar-refractivity contribution >= 4 is 5.82 Å². The second kappa shape index (κ2) is 7.25. The summed E-state index contributed by atoms with van der Waals surface area (Å²) in [5.41, 5.74) is 6.87. The Bertz CT molecular complexity index is 330. The quantitative estimate of drug-likeness (QED) is 0.756. The molecule has 1 aromatic heterocycles. The molecule has 0 spiro atoms. The molecule has 2 unspecified atom stereocenters. The molecule has 0 radical (unpaired) electrons. The van der Waals surface area contributed by atoms with E-state index >= 15 is 0 Å². The van der Waals surface area contributed by atoms with Crippen molar-refractivity contribution in [3.8, 4) is 0 Å². The Morgan fingerprint density at radius 2 is 2.24 bits per heavy atom. The number of nitrogen functional groups attached to an aromatic ring is 1. The highest BCUT2D eigenvalue weighted by Crippen LogP contribution is 2.12. The van der Waals surface area contributed by atoms with Gasteiger partial charge in [-0.2, -0.15) is 0 Å². The molecule has 2 atom stereocenters. The highest BCUT2D eigenvalue weighted by Gasteiger charge is 2.18. The minimum Gasteiger partial charge on any atom is -0.384 e. The van der Waals surface area contributed by atoms with Gasteiger partial charge in [-0.3, -0.25) is 0 Å². The van der Waals surface area contributed by atoms with E-state index in [4.69, 9.17) is 10.5 Å². The van der Waals surface area contributed by atoms with Gasteiger partial charge in [0.1, 0.15) is 5.82 Å². The molecule has 1 rings (SSSR count). The van der Waals surface area contributed by atoms with Gasteiger partial charge in [0.05, 0.1) is 6.10 Å². The predicted molar refractivity (Wildman–Crippen MR) is 70.9 cm³/mol. The summed E-state index contributed by atoms with van der Waals surface area (Å²) < 4.78 is 5.74. The molecule has 0 aliphatic rings. The maximum atomic E-state index is 5.74. The number of nitrogens with two attached hydrogens (primary N) is 1. The van der Waals surface area contributed by atoms with Crippen LogP contribution in [-0.4, -0.2) is 30.8 Å². The van der Waals surface area contributed by atoms with E-state index in [1.54, 1.807) is 6.20 Å². The van der Waals surface area contributed by atoms with Crippen molar-refractivity contribution in [2.75, 3.05) is 19.4 Å². The van der Waals surface area contributed by atoms with E-state index in [0.717, 1.165) is 19.4 Å². The van der Waals surface area contributed by atoms with E-state index < -0.39 is 0 Å². The van der Waals surface area contributed by atoms with Crippen LogP contribution in [0.1, 0.15) is 25.8 Å². The molecule has 0 saturated carbocycles. The van der Waals surface area contributed by atoms with Gasteiger partial charge in [0.25, 0.3) is 0 Å². The lowest BCUT2D eigenvalue weighted by molar-refractivity contribution is 0.0339. The normalized spacial score (nSPS) is 14.5. The number of pyridine rings is 1. The molecule has 0 fully saturated rings. The summed E-state index contributed by atoms with van der Waals surface area (Å²) in [4.78, 5) is 4.00. The van der Waals surface area contributed by atoms with Crippen molar-refractivity contribution < 1.29 is 4.74 Å². The number of aromatic nitrogens is 1. The molecule has 4 heteroatoms. The van der Waals surface area contributed by atoms with Gasteiger partial charge < -0.3 is 15.8 Å². The molecule has 0 amide bonds. The van der Waals surface area contributed by atoms with Gasteiger partial charge in [-0.25, -0.2) is 4.98 Å². The Balaban J connectivity index is 2.68. The van der Waals surface area contributed by atoms with Crippen molar-refractivity contribution in [1.82, 2.24) is 10.3 Å².